The van der Waals surface area contributed by atoms with Crippen LogP contribution in [0.15, 0.2) is 0 Å². The van der Waals surface area contributed by atoms with Crippen LogP contribution in [0.1, 0.15) is 44.9 Å². The SMILES string of the molecule is COC(=O)CCOC1CC(OCCC(=O)NC(COCCC(=O)O)(COCCC(=O)O)COCCC(=O)O)C1. The zero-order chi connectivity index (χ0) is 29.1. The molecule has 15 heteroatoms. The van der Waals surface area contributed by atoms with Crippen molar-refractivity contribution in [2.24, 2.45) is 0 Å². The summed E-state index contributed by atoms with van der Waals surface area (Å²) in [7, 11) is 1.31. The first kappa shape index (κ1) is 34.2. The fraction of sp³-hybridized carbons (Fsp3) is 0.792. The number of hydrogen-bond donors (Lipinski definition) is 4. The third kappa shape index (κ3) is 16.7. The van der Waals surface area contributed by atoms with Crippen LogP contribution >= 0.6 is 0 Å². The van der Waals surface area contributed by atoms with Crippen molar-refractivity contribution >= 4 is 29.8 Å². The van der Waals surface area contributed by atoms with Gasteiger partial charge in [0.25, 0.3) is 0 Å². The van der Waals surface area contributed by atoms with E-state index in [-0.39, 0.29) is 103 Å². The summed E-state index contributed by atoms with van der Waals surface area (Å²) in [6.07, 6.45) is 0.397. The summed E-state index contributed by atoms with van der Waals surface area (Å²) in [5.74, 6) is -4.04. The Hall–Kier alpha value is -2.85. The van der Waals surface area contributed by atoms with Crippen molar-refractivity contribution in [1.82, 2.24) is 5.32 Å². The van der Waals surface area contributed by atoms with Crippen LogP contribution in [-0.2, 0) is 52.4 Å². The van der Waals surface area contributed by atoms with Gasteiger partial charge in [-0.3, -0.25) is 24.0 Å². The number of carbonyl (C=O) groups excluding carboxylic acids is 2. The number of aliphatic carboxylic acids is 3. The molecule has 4 N–H and O–H groups in total. The Balaban J connectivity index is 2.61. The fourth-order valence-electron chi connectivity index (χ4n) is 3.39. The van der Waals surface area contributed by atoms with E-state index in [1.165, 1.54) is 7.11 Å². The van der Waals surface area contributed by atoms with Gasteiger partial charge in [0.05, 0.1) is 97.9 Å². The summed E-state index contributed by atoms with van der Waals surface area (Å²) in [4.78, 5) is 56.3. The smallest absolute Gasteiger partial charge is 0.307 e. The number of amides is 1. The first-order chi connectivity index (χ1) is 18.5. The van der Waals surface area contributed by atoms with Crippen LogP contribution in [0.5, 0.6) is 0 Å². The van der Waals surface area contributed by atoms with E-state index in [1.807, 2.05) is 0 Å². The Morgan fingerprint density at radius 3 is 1.46 bits per heavy atom. The monoisotopic (exact) mass is 565 g/mol. The molecule has 15 nitrogen and oxygen atoms in total. The summed E-state index contributed by atoms with van der Waals surface area (Å²) in [6.45, 7) is -0.797. The van der Waals surface area contributed by atoms with Gasteiger partial charge in [-0.05, 0) is 12.8 Å². The normalized spacial score (nSPS) is 16.7. The number of nitrogens with one attached hydrogen (secondary N) is 1. The van der Waals surface area contributed by atoms with Crippen LogP contribution in [0.4, 0.5) is 0 Å². The molecular formula is C24H39NO14. The Kier molecular flexibility index (Phi) is 16.9. The van der Waals surface area contributed by atoms with Gasteiger partial charge in [-0.2, -0.15) is 0 Å². The minimum Gasteiger partial charge on any atom is -0.481 e. The molecule has 1 rings (SSSR count). The molecule has 0 radical (unpaired) electrons. The number of carboxylic acid groups (broad SMARTS) is 3. The quantitative estimate of drug-likeness (QED) is 0.0884. The van der Waals surface area contributed by atoms with Crippen molar-refractivity contribution in [1.29, 1.82) is 0 Å². The molecule has 0 aromatic rings. The van der Waals surface area contributed by atoms with E-state index in [0.29, 0.717) is 12.8 Å². The Morgan fingerprint density at radius 1 is 0.667 bits per heavy atom. The average molecular weight is 566 g/mol. The molecule has 0 aromatic heterocycles. The van der Waals surface area contributed by atoms with E-state index < -0.39 is 29.4 Å². The van der Waals surface area contributed by atoms with Gasteiger partial charge in [0.1, 0.15) is 5.54 Å². The molecule has 1 fully saturated rings. The Bertz CT molecular complexity index is 728. The minimum absolute atomic E-state index is 0.0324. The zero-order valence-electron chi connectivity index (χ0n) is 22.1. The lowest BCUT2D eigenvalue weighted by atomic mass is 9.92. The van der Waals surface area contributed by atoms with Crippen LogP contribution in [0.3, 0.4) is 0 Å². The molecule has 0 bridgehead atoms. The van der Waals surface area contributed by atoms with Gasteiger partial charge in [0, 0.05) is 6.42 Å². The second-order valence-corrected chi connectivity index (χ2v) is 8.95. The maximum absolute atomic E-state index is 12.8. The predicted octanol–water partition coefficient (Wildman–Crippen LogP) is -0.167. The average Bonchev–Trinajstić information content (AvgIpc) is 2.84. The lowest BCUT2D eigenvalue weighted by Crippen LogP contribution is -2.59. The van der Waals surface area contributed by atoms with Gasteiger partial charge >= 0.3 is 23.9 Å². The van der Waals surface area contributed by atoms with Crippen molar-refractivity contribution < 1.29 is 67.7 Å². The number of carboxylic acids is 3. The molecule has 1 aliphatic carbocycles. The molecule has 0 spiro atoms. The molecule has 39 heavy (non-hydrogen) atoms. The van der Waals surface area contributed by atoms with Crippen molar-refractivity contribution in [3.8, 4) is 0 Å². The molecule has 0 aromatic carbocycles. The first-order valence-electron chi connectivity index (χ1n) is 12.5. The fourth-order valence-corrected chi connectivity index (χ4v) is 3.39. The third-order valence-electron chi connectivity index (χ3n) is 5.54. The van der Waals surface area contributed by atoms with Crippen molar-refractivity contribution in [2.75, 3.05) is 60.0 Å². The lowest BCUT2D eigenvalue weighted by Gasteiger charge is -2.35. The molecule has 0 saturated heterocycles. The van der Waals surface area contributed by atoms with Gasteiger partial charge in [-0.15, -0.1) is 0 Å². The maximum Gasteiger partial charge on any atom is 0.307 e. The molecule has 224 valence electrons. The molecule has 0 heterocycles. The van der Waals surface area contributed by atoms with Crippen molar-refractivity contribution in [2.45, 2.75) is 62.7 Å². The second-order valence-electron chi connectivity index (χ2n) is 8.95. The highest BCUT2D eigenvalue weighted by molar-refractivity contribution is 5.77. The molecule has 0 aliphatic heterocycles. The summed E-state index contributed by atoms with van der Waals surface area (Å²) < 4.78 is 32.1. The van der Waals surface area contributed by atoms with Crippen molar-refractivity contribution in [3.05, 3.63) is 0 Å². The minimum atomic E-state index is -1.33. The van der Waals surface area contributed by atoms with Gasteiger partial charge < -0.3 is 49.1 Å². The summed E-state index contributed by atoms with van der Waals surface area (Å²) in [5.41, 5.74) is -1.33. The van der Waals surface area contributed by atoms with Gasteiger partial charge in [0.2, 0.25) is 5.91 Å². The van der Waals surface area contributed by atoms with Crippen molar-refractivity contribution in [3.63, 3.8) is 0 Å². The zero-order valence-corrected chi connectivity index (χ0v) is 22.1. The van der Waals surface area contributed by atoms with E-state index in [0.717, 1.165) is 0 Å². The van der Waals surface area contributed by atoms with Gasteiger partial charge in [-0.25, -0.2) is 0 Å². The number of ether oxygens (including phenoxy) is 6. The van der Waals surface area contributed by atoms with E-state index >= 15 is 0 Å². The molecule has 0 unspecified atom stereocenters. The van der Waals surface area contributed by atoms with Crippen LogP contribution in [0, 0.1) is 0 Å². The predicted molar refractivity (Wildman–Crippen MR) is 130 cm³/mol. The van der Waals surface area contributed by atoms with E-state index in [9.17, 15) is 24.0 Å². The number of esters is 1. The highest BCUT2D eigenvalue weighted by Crippen LogP contribution is 2.26. The Morgan fingerprint density at radius 2 is 1.08 bits per heavy atom. The lowest BCUT2D eigenvalue weighted by molar-refractivity contribution is -0.145. The Labute approximate surface area is 226 Å². The van der Waals surface area contributed by atoms with E-state index in [4.69, 9.17) is 39.0 Å². The highest BCUT2D eigenvalue weighted by Gasteiger charge is 2.35. The molecule has 1 aliphatic rings. The summed E-state index contributed by atoms with van der Waals surface area (Å²) in [5, 5.41) is 29.3. The van der Waals surface area contributed by atoms with E-state index in [1.54, 1.807) is 0 Å². The molecule has 0 atom stereocenters. The summed E-state index contributed by atoms with van der Waals surface area (Å²) >= 11 is 0. The van der Waals surface area contributed by atoms with Crippen LogP contribution < -0.4 is 5.32 Å². The second kappa shape index (κ2) is 19.2. The highest BCUT2D eigenvalue weighted by atomic mass is 16.5. The number of carbonyl (C=O) groups is 5. The van der Waals surface area contributed by atoms with E-state index in [2.05, 4.69) is 10.1 Å². The van der Waals surface area contributed by atoms with Crippen LogP contribution in [0.25, 0.3) is 0 Å². The topological polar surface area (TPSA) is 213 Å². The van der Waals surface area contributed by atoms with Crippen LogP contribution in [-0.4, -0.2) is 123 Å². The van der Waals surface area contributed by atoms with Gasteiger partial charge in [-0.1, -0.05) is 0 Å². The number of hydrogen-bond acceptors (Lipinski definition) is 11. The molecule has 1 amide bonds. The maximum atomic E-state index is 12.8. The third-order valence-corrected chi connectivity index (χ3v) is 5.54. The molecular weight excluding hydrogens is 526 g/mol. The summed E-state index contributed by atoms with van der Waals surface area (Å²) in [6, 6.07) is 0. The standard InChI is InChI=1S/C24H39NO14/c1-34-23(33)6-11-39-18-12-17(13-18)38-10-2-19(26)25-24(14-35-7-3-20(27)28,15-36-8-4-21(29)30)16-37-9-5-22(31)32/h17-18H,2-16H2,1H3,(H,25,26)(H,27,28)(H,29,30)(H,31,32). The number of rotatable bonds is 24. The van der Waals surface area contributed by atoms with Crippen LogP contribution in [0.2, 0.25) is 0 Å². The first-order valence-corrected chi connectivity index (χ1v) is 12.5. The number of methoxy groups -OCH3 is 1. The van der Waals surface area contributed by atoms with Gasteiger partial charge in [0.15, 0.2) is 0 Å². The molecule has 1 saturated carbocycles. The largest absolute Gasteiger partial charge is 0.481 e.